The molecule has 0 unspecified atom stereocenters. The van der Waals surface area contributed by atoms with Crippen LogP contribution in [-0.2, 0) is 0 Å². The van der Waals surface area contributed by atoms with E-state index in [0.29, 0.717) is 11.3 Å². The van der Waals surface area contributed by atoms with E-state index in [2.05, 4.69) is 5.32 Å². The van der Waals surface area contributed by atoms with Gasteiger partial charge < -0.3 is 5.32 Å². The Hall–Kier alpha value is -2.37. The number of benzene rings is 2. The zero-order chi connectivity index (χ0) is 17.6. The van der Waals surface area contributed by atoms with E-state index in [0.717, 1.165) is 21.0 Å². The number of ketones is 1. The zero-order valence-electron chi connectivity index (χ0n) is 13.7. The summed E-state index contributed by atoms with van der Waals surface area (Å²) in [5.41, 5.74) is 2.32. The topological polar surface area (TPSA) is 46.2 Å². The fraction of sp³-hybridized carbons (Fsp3) is 0.100. The van der Waals surface area contributed by atoms with Crippen LogP contribution in [0.5, 0.6) is 0 Å². The van der Waals surface area contributed by atoms with Gasteiger partial charge in [-0.25, -0.2) is 0 Å². The van der Waals surface area contributed by atoms with E-state index in [4.69, 9.17) is 0 Å². The molecule has 0 spiro atoms. The molecule has 126 valence electrons. The molecule has 1 N–H and O–H groups in total. The van der Waals surface area contributed by atoms with Crippen LogP contribution in [0.3, 0.4) is 0 Å². The van der Waals surface area contributed by atoms with E-state index in [-0.39, 0.29) is 11.7 Å². The van der Waals surface area contributed by atoms with Crippen molar-refractivity contribution in [2.24, 2.45) is 0 Å². The number of rotatable bonds is 6. The van der Waals surface area contributed by atoms with Gasteiger partial charge in [0.1, 0.15) is 0 Å². The number of amides is 1. The molecule has 0 bridgehead atoms. The van der Waals surface area contributed by atoms with Gasteiger partial charge in [-0.05, 0) is 48.2 Å². The second kappa shape index (κ2) is 8.14. The van der Waals surface area contributed by atoms with Crippen LogP contribution in [0.4, 0.5) is 5.69 Å². The summed E-state index contributed by atoms with van der Waals surface area (Å²) in [7, 11) is 0. The van der Waals surface area contributed by atoms with Crippen molar-refractivity contribution in [1.82, 2.24) is 0 Å². The predicted octanol–water partition coefficient (Wildman–Crippen LogP) is 5.28. The smallest absolute Gasteiger partial charge is 0.255 e. The Morgan fingerprint density at radius 3 is 2.64 bits per heavy atom. The van der Waals surface area contributed by atoms with Gasteiger partial charge in [0, 0.05) is 16.1 Å². The summed E-state index contributed by atoms with van der Waals surface area (Å²) >= 11 is 2.93. The van der Waals surface area contributed by atoms with E-state index in [1.807, 2.05) is 73.0 Å². The van der Waals surface area contributed by atoms with Crippen LogP contribution in [0.1, 0.15) is 25.6 Å². The second-order valence-corrected chi connectivity index (χ2v) is 7.48. The maximum atomic E-state index is 12.4. The molecule has 25 heavy (non-hydrogen) atoms. The number of carbonyl (C=O) groups is 2. The number of aryl methyl sites for hydroxylation is 1. The van der Waals surface area contributed by atoms with Crippen LogP contribution >= 0.6 is 23.1 Å². The molecule has 5 heteroatoms. The van der Waals surface area contributed by atoms with Gasteiger partial charge in [-0.1, -0.05) is 30.3 Å². The molecule has 1 aromatic heterocycles. The second-order valence-electron chi connectivity index (χ2n) is 5.49. The zero-order valence-corrected chi connectivity index (χ0v) is 15.3. The number of anilines is 1. The van der Waals surface area contributed by atoms with Gasteiger partial charge in [0.25, 0.3) is 5.91 Å². The minimum atomic E-state index is -0.130. The SMILES string of the molecule is Cc1ccccc1C(=O)Nc1cccc(SCC(=O)c2cccs2)c1. The van der Waals surface area contributed by atoms with E-state index in [1.54, 1.807) is 0 Å². The molecule has 0 aliphatic heterocycles. The quantitative estimate of drug-likeness (QED) is 0.476. The lowest BCUT2D eigenvalue weighted by atomic mass is 10.1. The van der Waals surface area contributed by atoms with Gasteiger partial charge in [-0.15, -0.1) is 23.1 Å². The highest BCUT2D eigenvalue weighted by molar-refractivity contribution is 8.00. The lowest BCUT2D eigenvalue weighted by Crippen LogP contribution is -2.13. The van der Waals surface area contributed by atoms with Gasteiger partial charge in [0.15, 0.2) is 5.78 Å². The van der Waals surface area contributed by atoms with Crippen molar-refractivity contribution in [2.45, 2.75) is 11.8 Å². The van der Waals surface area contributed by atoms with Crippen molar-refractivity contribution in [3.63, 3.8) is 0 Å². The minimum absolute atomic E-state index is 0.120. The number of hydrogen-bond donors (Lipinski definition) is 1. The van der Waals surface area contributed by atoms with E-state index < -0.39 is 0 Å². The van der Waals surface area contributed by atoms with Gasteiger partial charge in [0.05, 0.1) is 10.6 Å². The van der Waals surface area contributed by atoms with Crippen molar-refractivity contribution in [2.75, 3.05) is 11.1 Å². The molecule has 0 aliphatic carbocycles. The van der Waals surface area contributed by atoms with Crippen LogP contribution in [0, 0.1) is 6.92 Å². The highest BCUT2D eigenvalue weighted by atomic mass is 32.2. The Morgan fingerprint density at radius 2 is 1.88 bits per heavy atom. The molecule has 3 rings (SSSR count). The average Bonchev–Trinajstić information content (AvgIpc) is 3.15. The van der Waals surface area contributed by atoms with Gasteiger partial charge in [0.2, 0.25) is 0 Å². The molecule has 0 radical (unpaired) electrons. The number of hydrogen-bond acceptors (Lipinski definition) is 4. The summed E-state index contributed by atoms with van der Waals surface area (Å²) in [5, 5.41) is 4.82. The summed E-state index contributed by atoms with van der Waals surface area (Å²) in [6, 6.07) is 18.8. The van der Waals surface area contributed by atoms with E-state index >= 15 is 0 Å². The highest BCUT2D eigenvalue weighted by Gasteiger charge is 2.10. The standard InChI is InChI=1S/C20H17NO2S2/c1-14-6-2-3-9-17(14)20(23)21-15-7-4-8-16(12-15)25-13-18(22)19-10-5-11-24-19/h2-12H,13H2,1H3,(H,21,23). The Bertz CT molecular complexity index is 888. The van der Waals surface area contributed by atoms with Crippen molar-refractivity contribution in [1.29, 1.82) is 0 Å². The first-order valence-electron chi connectivity index (χ1n) is 7.80. The van der Waals surface area contributed by atoms with Crippen molar-refractivity contribution in [3.05, 3.63) is 82.0 Å². The summed E-state index contributed by atoms with van der Waals surface area (Å²) in [5.74, 6) is 0.375. The third kappa shape index (κ3) is 4.59. The third-order valence-corrected chi connectivity index (χ3v) is 5.55. The molecule has 1 amide bonds. The minimum Gasteiger partial charge on any atom is -0.322 e. The van der Waals surface area contributed by atoms with Crippen molar-refractivity contribution in [3.8, 4) is 0 Å². The maximum absolute atomic E-state index is 12.4. The first kappa shape index (κ1) is 17.5. The molecular formula is C20H17NO2S2. The summed E-state index contributed by atoms with van der Waals surface area (Å²) < 4.78 is 0. The van der Waals surface area contributed by atoms with Crippen LogP contribution in [0.15, 0.2) is 70.9 Å². The monoisotopic (exact) mass is 367 g/mol. The van der Waals surface area contributed by atoms with Gasteiger partial charge in [-0.3, -0.25) is 9.59 Å². The highest BCUT2D eigenvalue weighted by Crippen LogP contribution is 2.24. The Kier molecular flexibility index (Phi) is 5.68. The van der Waals surface area contributed by atoms with Crippen molar-refractivity contribution < 1.29 is 9.59 Å². The fourth-order valence-corrected chi connectivity index (χ4v) is 3.94. The van der Waals surface area contributed by atoms with Crippen molar-refractivity contribution >= 4 is 40.5 Å². The molecule has 0 saturated heterocycles. The van der Waals surface area contributed by atoms with E-state index in [1.165, 1.54) is 23.1 Å². The predicted molar refractivity (Wildman–Crippen MR) is 105 cm³/mol. The Morgan fingerprint density at radius 1 is 1.04 bits per heavy atom. The third-order valence-electron chi connectivity index (χ3n) is 3.65. The number of thiophene rings is 1. The van der Waals surface area contributed by atoms with Crippen LogP contribution < -0.4 is 5.32 Å². The lowest BCUT2D eigenvalue weighted by molar-refractivity contribution is 0.101. The average molecular weight is 367 g/mol. The van der Waals surface area contributed by atoms with Crippen LogP contribution in [0.2, 0.25) is 0 Å². The molecule has 3 nitrogen and oxygen atoms in total. The maximum Gasteiger partial charge on any atom is 0.255 e. The number of Topliss-reactive ketones (excluding diaryl/α,β-unsaturated/α-hetero) is 1. The fourth-order valence-electron chi connectivity index (χ4n) is 2.35. The van der Waals surface area contributed by atoms with Gasteiger partial charge in [-0.2, -0.15) is 0 Å². The molecule has 3 aromatic rings. The first-order chi connectivity index (χ1) is 12.1. The molecule has 2 aromatic carbocycles. The van der Waals surface area contributed by atoms with Crippen LogP contribution in [0.25, 0.3) is 0 Å². The summed E-state index contributed by atoms with van der Waals surface area (Å²) in [6.45, 7) is 1.91. The molecule has 1 heterocycles. The molecule has 0 atom stereocenters. The van der Waals surface area contributed by atoms with Gasteiger partial charge >= 0.3 is 0 Å². The van der Waals surface area contributed by atoms with E-state index in [9.17, 15) is 9.59 Å². The molecule has 0 aliphatic rings. The molecule has 0 saturated carbocycles. The summed E-state index contributed by atoms with van der Waals surface area (Å²) in [6.07, 6.45) is 0. The molecular weight excluding hydrogens is 350 g/mol. The largest absolute Gasteiger partial charge is 0.322 e. The Balaban J connectivity index is 1.64. The Labute approximate surface area is 155 Å². The van der Waals surface area contributed by atoms with Crippen LogP contribution in [-0.4, -0.2) is 17.4 Å². The summed E-state index contributed by atoms with van der Waals surface area (Å²) in [4.78, 5) is 26.2. The lowest BCUT2D eigenvalue weighted by Gasteiger charge is -2.09. The number of thioether (sulfide) groups is 1. The molecule has 0 fully saturated rings. The number of nitrogens with one attached hydrogen (secondary N) is 1. The number of carbonyl (C=O) groups excluding carboxylic acids is 2. The first-order valence-corrected chi connectivity index (χ1v) is 9.66. The normalized spacial score (nSPS) is 10.4.